The van der Waals surface area contributed by atoms with Crippen LogP contribution >= 0.6 is 23.1 Å². The third-order valence-electron chi connectivity index (χ3n) is 2.57. The molecule has 0 aliphatic carbocycles. The number of anilines is 1. The molecule has 0 saturated heterocycles. The summed E-state index contributed by atoms with van der Waals surface area (Å²) < 4.78 is 5.62. The number of aromatic nitrogens is 3. The minimum Gasteiger partial charge on any atom is -0.433 e. The van der Waals surface area contributed by atoms with E-state index in [0.29, 0.717) is 28.0 Å². The van der Waals surface area contributed by atoms with E-state index in [9.17, 15) is 4.79 Å². The highest BCUT2D eigenvalue weighted by Crippen LogP contribution is 2.30. The molecule has 1 N–H and O–H groups in total. The van der Waals surface area contributed by atoms with E-state index >= 15 is 0 Å². The van der Waals surface area contributed by atoms with Crippen molar-refractivity contribution in [3.05, 3.63) is 24.5 Å². The molecule has 0 aromatic carbocycles. The number of oxazole rings is 1. The first-order valence-electron chi connectivity index (χ1n) is 6.31. The Balaban J connectivity index is 1.76. The van der Waals surface area contributed by atoms with Gasteiger partial charge >= 0.3 is 0 Å². The van der Waals surface area contributed by atoms with E-state index in [1.54, 1.807) is 30.2 Å². The van der Waals surface area contributed by atoms with Gasteiger partial charge in [0.05, 0.1) is 11.9 Å². The lowest BCUT2D eigenvalue weighted by Crippen LogP contribution is -2.13. The molecule has 8 heteroatoms. The Morgan fingerprint density at radius 1 is 1.48 bits per heavy atom. The highest BCUT2D eigenvalue weighted by atomic mass is 32.2. The molecule has 3 aromatic rings. The van der Waals surface area contributed by atoms with Crippen LogP contribution in [0.3, 0.4) is 0 Å². The van der Waals surface area contributed by atoms with Gasteiger partial charge in [-0.3, -0.25) is 4.79 Å². The topological polar surface area (TPSA) is 80.9 Å². The van der Waals surface area contributed by atoms with E-state index in [4.69, 9.17) is 4.42 Å². The van der Waals surface area contributed by atoms with Crippen LogP contribution in [0.5, 0.6) is 0 Å². The van der Waals surface area contributed by atoms with Crippen molar-refractivity contribution in [2.24, 2.45) is 0 Å². The minimum atomic E-state index is -0.0537. The number of rotatable bonds is 5. The summed E-state index contributed by atoms with van der Waals surface area (Å²) in [6.07, 6.45) is 3.30. The van der Waals surface area contributed by atoms with E-state index in [2.05, 4.69) is 20.3 Å². The van der Waals surface area contributed by atoms with Gasteiger partial charge in [-0.15, -0.1) is 0 Å². The van der Waals surface area contributed by atoms with Crippen LogP contribution in [0.4, 0.5) is 5.13 Å². The Morgan fingerprint density at radius 2 is 2.38 bits per heavy atom. The SMILES string of the molecule is CCSCC(=O)Nc1ncc(-c2nc3ncccc3o2)s1. The number of carbonyl (C=O) groups excluding carboxylic acids is 1. The van der Waals surface area contributed by atoms with Gasteiger partial charge in [-0.2, -0.15) is 16.7 Å². The van der Waals surface area contributed by atoms with Crippen molar-refractivity contribution in [3.63, 3.8) is 0 Å². The van der Waals surface area contributed by atoms with Crippen LogP contribution in [0.2, 0.25) is 0 Å². The summed E-state index contributed by atoms with van der Waals surface area (Å²) in [4.78, 5) is 25.0. The molecule has 3 rings (SSSR count). The van der Waals surface area contributed by atoms with Gasteiger partial charge in [-0.1, -0.05) is 18.3 Å². The Morgan fingerprint density at radius 3 is 3.19 bits per heavy atom. The normalized spacial score (nSPS) is 10.9. The Bertz CT molecular complexity index is 735. The minimum absolute atomic E-state index is 0.0537. The largest absolute Gasteiger partial charge is 0.433 e. The number of thioether (sulfide) groups is 1. The zero-order valence-corrected chi connectivity index (χ0v) is 12.8. The van der Waals surface area contributed by atoms with E-state index in [0.717, 1.165) is 10.6 Å². The smallest absolute Gasteiger partial charge is 0.240 e. The van der Waals surface area contributed by atoms with Crippen molar-refractivity contribution >= 4 is 45.4 Å². The summed E-state index contributed by atoms with van der Waals surface area (Å²) in [5.74, 6) is 1.75. The molecule has 0 radical (unpaired) electrons. The molecule has 6 nitrogen and oxygen atoms in total. The van der Waals surface area contributed by atoms with Gasteiger partial charge in [0.1, 0.15) is 4.88 Å². The maximum atomic E-state index is 11.6. The highest BCUT2D eigenvalue weighted by Gasteiger charge is 2.13. The summed E-state index contributed by atoms with van der Waals surface area (Å²) in [6.45, 7) is 2.01. The van der Waals surface area contributed by atoms with E-state index < -0.39 is 0 Å². The van der Waals surface area contributed by atoms with Gasteiger partial charge in [0.15, 0.2) is 16.4 Å². The van der Waals surface area contributed by atoms with Gasteiger partial charge in [-0.25, -0.2) is 9.97 Å². The number of nitrogens with one attached hydrogen (secondary N) is 1. The molecule has 0 aliphatic rings. The van der Waals surface area contributed by atoms with E-state index in [-0.39, 0.29) is 5.91 Å². The van der Waals surface area contributed by atoms with E-state index in [1.165, 1.54) is 11.3 Å². The zero-order chi connectivity index (χ0) is 14.7. The fourth-order valence-corrected chi connectivity index (χ4v) is 2.88. The van der Waals surface area contributed by atoms with Crippen molar-refractivity contribution in [1.29, 1.82) is 0 Å². The first-order chi connectivity index (χ1) is 10.3. The number of amides is 1. The second kappa shape index (κ2) is 6.23. The van der Waals surface area contributed by atoms with Gasteiger partial charge in [-0.05, 0) is 17.9 Å². The monoisotopic (exact) mass is 320 g/mol. The van der Waals surface area contributed by atoms with Crippen LogP contribution in [0.25, 0.3) is 22.0 Å². The molecule has 0 fully saturated rings. The fourth-order valence-electron chi connectivity index (χ4n) is 1.66. The zero-order valence-electron chi connectivity index (χ0n) is 11.2. The van der Waals surface area contributed by atoms with Gasteiger partial charge in [0.2, 0.25) is 11.8 Å². The number of nitrogens with zero attached hydrogens (tertiary/aromatic N) is 3. The second-order valence-electron chi connectivity index (χ2n) is 4.06. The average molecular weight is 320 g/mol. The van der Waals surface area contributed by atoms with Crippen LogP contribution < -0.4 is 5.32 Å². The molecule has 3 heterocycles. The van der Waals surface area contributed by atoms with Crippen LogP contribution in [-0.4, -0.2) is 32.4 Å². The average Bonchev–Trinajstić information content (AvgIpc) is 3.10. The van der Waals surface area contributed by atoms with Gasteiger partial charge in [0.25, 0.3) is 0 Å². The Hall–Kier alpha value is -1.93. The molecule has 0 bridgehead atoms. The van der Waals surface area contributed by atoms with Crippen molar-refractivity contribution in [3.8, 4) is 10.8 Å². The van der Waals surface area contributed by atoms with E-state index in [1.807, 2.05) is 13.0 Å². The van der Waals surface area contributed by atoms with Crippen LogP contribution in [0, 0.1) is 0 Å². The maximum Gasteiger partial charge on any atom is 0.240 e. The molecule has 108 valence electrons. The molecular weight excluding hydrogens is 308 g/mol. The number of hydrogen-bond acceptors (Lipinski definition) is 7. The molecular formula is C13H12N4O2S2. The first-order valence-corrected chi connectivity index (χ1v) is 8.28. The Labute approximate surface area is 129 Å². The Kier molecular flexibility index (Phi) is 4.16. The number of fused-ring (bicyclic) bond motifs is 1. The van der Waals surface area contributed by atoms with Crippen molar-refractivity contribution in [1.82, 2.24) is 15.0 Å². The molecule has 0 atom stereocenters. The molecule has 1 amide bonds. The highest BCUT2D eigenvalue weighted by molar-refractivity contribution is 7.99. The fraction of sp³-hybridized carbons (Fsp3) is 0.231. The lowest BCUT2D eigenvalue weighted by molar-refractivity contribution is -0.113. The predicted octanol–water partition coefficient (Wildman–Crippen LogP) is 3.04. The molecule has 0 aliphatic heterocycles. The van der Waals surface area contributed by atoms with Crippen molar-refractivity contribution < 1.29 is 9.21 Å². The van der Waals surface area contributed by atoms with Crippen LogP contribution in [-0.2, 0) is 4.79 Å². The summed E-state index contributed by atoms with van der Waals surface area (Å²) in [7, 11) is 0. The van der Waals surface area contributed by atoms with Crippen LogP contribution in [0.1, 0.15) is 6.92 Å². The lowest BCUT2D eigenvalue weighted by atomic mass is 10.5. The summed E-state index contributed by atoms with van der Waals surface area (Å²) in [5, 5.41) is 3.31. The standard InChI is InChI=1S/C13H12N4O2S2/c1-2-20-7-10(18)16-13-15-6-9(21-13)12-17-11-8(19-12)4-3-5-14-11/h3-6H,2,7H2,1H3,(H,15,16,18). The van der Waals surface area contributed by atoms with Crippen LogP contribution in [0.15, 0.2) is 28.9 Å². The predicted molar refractivity (Wildman–Crippen MR) is 84.5 cm³/mol. The van der Waals surface area contributed by atoms with Gasteiger partial charge < -0.3 is 9.73 Å². The third-order valence-corrected chi connectivity index (χ3v) is 4.34. The summed E-state index contributed by atoms with van der Waals surface area (Å²) in [6, 6.07) is 3.60. The number of hydrogen-bond donors (Lipinski definition) is 1. The lowest BCUT2D eigenvalue weighted by Gasteiger charge is -1.98. The molecule has 3 aromatic heterocycles. The molecule has 0 spiro atoms. The quantitative estimate of drug-likeness (QED) is 0.778. The summed E-state index contributed by atoms with van der Waals surface area (Å²) >= 11 is 2.89. The second-order valence-corrected chi connectivity index (χ2v) is 6.36. The van der Waals surface area contributed by atoms with Crippen molar-refractivity contribution in [2.45, 2.75) is 6.92 Å². The summed E-state index contributed by atoms with van der Waals surface area (Å²) in [5.41, 5.74) is 1.19. The first kappa shape index (κ1) is 14.0. The van der Waals surface area contributed by atoms with Gasteiger partial charge in [0, 0.05) is 6.20 Å². The number of carbonyl (C=O) groups is 1. The maximum absolute atomic E-state index is 11.6. The number of pyridine rings is 1. The molecule has 0 unspecified atom stereocenters. The third kappa shape index (κ3) is 3.22. The van der Waals surface area contributed by atoms with Crippen molar-refractivity contribution in [2.75, 3.05) is 16.8 Å². The number of thiazole rings is 1. The molecule has 0 saturated carbocycles. The molecule has 21 heavy (non-hydrogen) atoms.